The van der Waals surface area contributed by atoms with Crippen LogP contribution in [-0.4, -0.2) is 37.2 Å². The lowest BCUT2D eigenvalue weighted by Crippen LogP contribution is -2.30. The molecular weight excluding hydrogens is 853 g/mol. The number of rotatable bonds is 54. The van der Waals surface area contributed by atoms with Gasteiger partial charge in [0.1, 0.15) is 13.2 Å². The number of esters is 3. The number of hydrogen-bond donors (Lipinski definition) is 0. The highest BCUT2D eigenvalue weighted by Gasteiger charge is 2.19. The summed E-state index contributed by atoms with van der Waals surface area (Å²) in [6, 6.07) is 0. The van der Waals surface area contributed by atoms with E-state index in [0.29, 0.717) is 19.3 Å². The first-order valence-corrected chi connectivity index (χ1v) is 29.8. The van der Waals surface area contributed by atoms with Crippen molar-refractivity contribution in [3.8, 4) is 0 Å². The van der Waals surface area contributed by atoms with E-state index in [1.165, 1.54) is 193 Å². The molecule has 400 valence electrons. The SMILES string of the molecule is CCCCC/C=C\C/C=C\C/C=C\C/C=C\CCCC(=O)O[C@@H](COC(=O)CCCCCCCCC/C=C\CCCCCCCCCC)COC(=O)CCCCCCCCCCCCCCCCC. The maximum atomic E-state index is 12.8. The first kappa shape index (κ1) is 66.1. The third-order valence-corrected chi connectivity index (χ3v) is 13.0. The molecular formula is C63H112O6. The van der Waals surface area contributed by atoms with Gasteiger partial charge in [0.25, 0.3) is 0 Å². The molecule has 0 aliphatic rings. The highest BCUT2D eigenvalue weighted by molar-refractivity contribution is 5.71. The molecule has 0 saturated heterocycles. The summed E-state index contributed by atoms with van der Waals surface area (Å²) in [6.45, 7) is 6.60. The van der Waals surface area contributed by atoms with Crippen LogP contribution in [0.4, 0.5) is 0 Å². The molecule has 1 atom stereocenters. The van der Waals surface area contributed by atoms with Gasteiger partial charge in [0, 0.05) is 19.3 Å². The van der Waals surface area contributed by atoms with Gasteiger partial charge in [0.15, 0.2) is 6.10 Å². The molecule has 0 bridgehead atoms. The zero-order valence-corrected chi connectivity index (χ0v) is 45.8. The number of hydrogen-bond acceptors (Lipinski definition) is 6. The maximum Gasteiger partial charge on any atom is 0.306 e. The van der Waals surface area contributed by atoms with Gasteiger partial charge in [-0.3, -0.25) is 14.4 Å². The Hall–Kier alpha value is -2.89. The molecule has 0 aromatic carbocycles. The van der Waals surface area contributed by atoms with Crippen LogP contribution in [0.2, 0.25) is 0 Å². The van der Waals surface area contributed by atoms with Gasteiger partial charge in [0.05, 0.1) is 0 Å². The highest BCUT2D eigenvalue weighted by atomic mass is 16.6. The fraction of sp³-hybridized carbons (Fsp3) is 0.794. The molecule has 0 spiro atoms. The van der Waals surface area contributed by atoms with Crippen LogP contribution >= 0.6 is 0 Å². The summed E-state index contributed by atoms with van der Waals surface area (Å²) in [4.78, 5) is 38.2. The fourth-order valence-electron chi connectivity index (χ4n) is 8.49. The molecule has 0 unspecified atom stereocenters. The molecule has 0 rings (SSSR count). The zero-order valence-electron chi connectivity index (χ0n) is 45.8. The lowest BCUT2D eigenvalue weighted by molar-refractivity contribution is -0.167. The fourth-order valence-corrected chi connectivity index (χ4v) is 8.49. The van der Waals surface area contributed by atoms with Gasteiger partial charge in [-0.15, -0.1) is 0 Å². The zero-order chi connectivity index (χ0) is 50.0. The Labute approximate surface area is 428 Å². The Balaban J connectivity index is 4.43. The predicted molar refractivity (Wildman–Crippen MR) is 298 cm³/mol. The minimum Gasteiger partial charge on any atom is -0.462 e. The summed E-state index contributed by atoms with van der Waals surface area (Å²) in [7, 11) is 0. The van der Waals surface area contributed by atoms with Crippen molar-refractivity contribution >= 4 is 17.9 Å². The van der Waals surface area contributed by atoms with Crippen LogP contribution in [0.25, 0.3) is 0 Å². The molecule has 0 aliphatic carbocycles. The Bertz CT molecular complexity index is 1250. The summed E-state index contributed by atoms with van der Waals surface area (Å²) in [5, 5.41) is 0. The van der Waals surface area contributed by atoms with Gasteiger partial charge < -0.3 is 14.2 Å². The molecule has 0 aliphatic heterocycles. The van der Waals surface area contributed by atoms with Crippen LogP contribution in [0.1, 0.15) is 303 Å². The van der Waals surface area contributed by atoms with Crippen molar-refractivity contribution in [2.45, 2.75) is 309 Å². The Kier molecular flexibility index (Phi) is 55.3. The van der Waals surface area contributed by atoms with Crippen LogP contribution in [0, 0.1) is 0 Å². The van der Waals surface area contributed by atoms with Gasteiger partial charge in [-0.1, -0.05) is 261 Å². The molecule has 0 fully saturated rings. The largest absolute Gasteiger partial charge is 0.462 e. The minimum absolute atomic E-state index is 0.0944. The smallest absolute Gasteiger partial charge is 0.306 e. The van der Waals surface area contributed by atoms with Crippen molar-refractivity contribution in [2.24, 2.45) is 0 Å². The molecule has 0 radical (unpaired) electrons. The molecule has 0 amide bonds. The average molecular weight is 966 g/mol. The van der Waals surface area contributed by atoms with Gasteiger partial charge in [-0.2, -0.15) is 0 Å². The van der Waals surface area contributed by atoms with E-state index >= 15 is 0 Å². The van der Waals surface area contributed by atoms with Crippen LogP contribution < -0.4 is 0 Å². The molecule has 0 heterocycles. The monoisotopic (exact) mass is 965 g/mol. The van der Waals surface area contributed by atoms with Crippen LogP contribution in [0.3, 0.4) is 0 Å². The second kappa shape index (κ2) is 57.7. The lowest BCUT2D eigenvalue weighted by Gasteiger charge is -2.18. The topological polar surface area (TPSA) is 78.9 Å². The minimum atomic E-state index is -0.803. The van der Waals surface area contributed by atoms with E-state index in [0.717, 1.165) is 64.2 Å². The highest BCUT2D eigenvalue weighted by Crippen LogP contribution is 2.16. The Morgan fingerprint density at radius 1 is 0.290 bits per heavy atom. The number of ether oxygens (including phenoxy) is 3. The first-order valence-electron chi connectivity index (χ1n) is 29.8. The van der Waals surface area contributed by atoms with Gasteiger partial charge in [-0.25, -0.2) is 0 Å². The Morgan fingerprint density at radius 3 is 0.899 bits per heavy atom. The van der Waals surface area contributed by atoms with Crippen molar-refractivity contribution < 1.29 is 28.6 Å². The van der Waals surface area contributed by atoms with E-state index < -0.39 is 6.10 Å². The van der Waals surface area contributed by atoms with Crippen molar-refractivity contribution in [3.63, 3.8) is 0 Å². The van der Waals surface area contributed by atoms with Crippen LogP contribution in [0.15, 0.2) is 60.8 Å². The predicted octanol–water partition coefficient (Wildman–Crippen LogP) is 20.0. The average Bonchev–Trinajstić information content (AvgIpc) is 3.35. The summed E-state index contributed by atoms with van der Waals surface area (Å²) < 4.78 is 16.8. The molecule has 0 aromatic rings. The van der Waals surface area contributed by atoms with E-state index in [-0.39, 0.29) is 37.5 Å². The number of allylic oxidation sites excluding steroid dienone is 10. The molecule has 69 heavy (non-hydrogen) atoms. The van der Waals surface area contributed by atoms with Crippen molar-refractivity contribution in [2.75, 3.05) is 13.2 Å². The van der Waals surface area contributed by atoms with Crippen molar-refractivity contribution in [3.05, 3.63) is 60.8 Å². The second-order valence-electron chi connectivity index (χ2n) is 19.9. The third-order valence-electron chi connectivity index (χ3n) is 13.0. The van der Waals surface area contributed by atoms with Crippen LogP contribution in [-0.2, 0) is 28.6 Å². The second-order valence-corrected chi connectivity index (χ2v) is 19.9. The van der Waals surface area contributed by atoms with Gasteiger partial charge in [-0.05, 0) is 83.5 Å². The van der Waals surface area contributed by atoms with Crippen molar-refractivity contribution in [1.29, 1.82) is 0 Å². The molecule has 0 aromatic heterocycles. The third kappa shape index (κ3) is 55.9. The van der Waals surface area contributed by atoms with E-state index in [9.17, 15) is 14.4 Å². The molecule has 0 N–H and O–H groups in total. The van der Waals surface area contributed by atoms with Crippen molar-refractivity contribution in [1.82, 2.24) is 0 Å². The quantitative estimate of drug-likeness (QED) is 0.0262. The normalized spacial score (nSPS) is 12.4. The Morgan fingerprint density at radius 2 is 0.536 bits per heavy atom. The number of carbonyl (C=O) groups is 3. The molecule has 6 heteroatoms. The summed E-state index contributed by atoms with van der Waals surface area (Å²) in [5.74, 6) is -0.942. The first-order chi connectivity index (χ1) is 34.0. The van der Waals surface area contributed by atoms with Gasteiger partial charge in [0.2, 0.25) is 0 Å². The molecule has 0 saturated carbocycles. The molecule has 6 nitrogen and oxygen atoms in total. The van der Waals surface area contributed by atoms with E-state index in [4.69, 9.17) is 14.2 Å². The van der Waals surface area contributed by atoms with E-state index in [1.807, 2.05) is 0 Å². The van der Waals surface area contributed by atoms with E-state index in [1.54, 1.807) is 0 Å². The maximum absolute atomic E-state index is 12.8. The number of carbonyl (C=O) groups excluding carboxylic acids is 3. The lowest BCUT2D eigenvalue weighted by atomic mass is 10.0. The summed E-state index contributed by atoms with van der Waals surface area (Å²) in [6.07, 6.45) is 72.2. The summed E-state index contributed by atoms with van der Waals surface area (Å²) >= 11 is 0. The van der Waals surface area contributed by atoms with E-state index in [2.05, 4.69) is 81.5 Å². The standard InChI is InChI=1S/C63H112O6/c1-4-7-10-13-16-19-22-25-28-30-31-33-35-38-41-44-47-50-53-56-62(65)68-59-60(58-67-61(64)55-52-49-46-43-40-37-34-27-24-21-18-15-12-9-6-3)69-63(66)57-54-51-48-45-42-39-36-32-29-26-23-20-17-14-11-8-5-2/h17,20,26,29-31,36,39,45,48,60H,4-16,18-19,21-25,27-28,32-35,37-38,40-44,46-47,49-59H2,1-3H3/b20-17-,29-26-,31-30-,39-36-,48-45-/t60-/m1/s1. The van der Waals surface area contributed by atoms with Gasteiger partial charge >= 0.3 is 17.9 Å². The van der Waals surface area contributed by atoms with Crippen LogP contribution in [0.5, 0.6) is 0 Å². The number of unbranched alkanes of at least 4 members (excludes halogenated alkanes) is 33. The summed E-state index contributed by atoms with van der Waals surface area (Å²) in [5.41, 5.74) is 0.